The molecule has 0 unspecified atom stereocenters. The second-order valence-corrected chi connectivity index (χ2v) is 3.59. The molecule has 2 rings (SSSR count). The lowest BCUT2D eigenvalue weighted by Crippen LogP contribution is -1.95. The first-order valence-corrected chi connectivity index (χ1v) is 5.01. The molecule has 2 aromatic carbocycles. The van der Waals surface area contributed by atoms with Crippen molar-refractivity contribution >= 4 is 11.4 Å². The second kappa shape index (κ2) is 4.80. The Bertz CT molecular complexity index is 633. The fourth-order valence-corrected chi connectivity index (χ4v) is 1.47. The maximum atomic E-state index is 13.4. The van der Waals surface area contributed by atoms with Gasteiger partial charge in [-0.05, 0) is 30.3 Å². The van der Waals surface area contributed by atoms with Crippen molar-refractivity contribution in [2.75, 3.05) is 5.32 Å². The van der Waals surface area contributed by atoms with Crippen molar-refractivity contribution in [2.45, 2.75) is 0 Å². The highest BCUT2D eigenvalue weighted by atomic mass is 19.1. The molecular weight excluding hydrogens is 241 g/mol. The summed E-state index contributed by atoms with van der Waals surface area (Å²) in [5.41, 5.74) is 0.336. The standard InChI is InChI=1S/C13H7F3N2/c14-9-1-2-13(12(16)6-9)18-11-4-8(7-17)3-10(15)5-11/h1-6,18H. The largest absolute Gasteiger partial charge is 0.353 e. The van der Waals surface area contributed by atoms with Crippen LogP contribution in [0.5, 0.6) is 0 Å². The number of anilines is 2. The van der Waals surface area contributed by atoms with Crippen LogP contribution < -0.4 is 5.32 Å². The molecule has 1 N–H and O–H groups in total. The van der Waals surface area contributed by atoms with E-state index in [1.54, 1.807) is 6.07 Å². The molecule has 0 saturated heterocycles. The van der Waals surface area contributed by atoms with Gasteiger partial charge in [-0.1, -0.05) is 0 Å². The van der Waals surface area contributed by atoms with E-state index in [0.29, 0.717) is 6.07 Å². The van der Waals surface area contributed by atoms with Gasteiger partial charge in [0, 0.05) is 11.8 Å². The quantitative estimate of drug-likeness (QED) is 0.879. The molecule has 0 atom stereocenters. The Labute approximate surface area is 101 Å². The van der Waals surface area contributed by atoms with Crippen molar-refractivity contribution in [1.29, 1.82) is 5.26 Å². The SMILES string of the molecule is N#Cc1cc(F)cc(Nc2ccc(F)cc2F)c1. The molecule has 0 aliphatic carbocycles. The van der Waals surface area contributed by atoms with Crippen molar-refractivity contribution in [3.8, 4) is 6.07 Å². The number of hydrogen-bond donors (Lipinski definition) is 1. The molecule has 0 spiro atoms. The molecule has 0 amide bonds. The fraction of sp³-hybridized carbons (Fsp3) is 0. The number of rotatable bonds is 2. The zero-order valence-corrected chi connectivity index (χ0v) is 9.05. The summed E-state index contributed by atoms with van der Waals surface area (Å²) in [5, 5.41) is 11.3. The topological polar surface area (TPSA) is 35.8 Å². The Kier molecular flexibility index (Phi) is 3.20. The van der Waals surface area contributed by atoms with Crippen molar-refractivity contribution in [2.24, 2.45) is 0 Å². The summed E-state index contributed by atoms with van der Waals surface area (Å²) in [7, 11) is 0. The van der Waals surface area contributed by atoms with Gasteiger partial charge in [0.05, 0.1) is 17.3 Å². The first kappa shape index (κ1) is 12.0. The predicted molar refractivity (Wildman–Crippen MR) is 60.8 cm³/mol. The Morgan fingerprint density at radius 1 is 0.944 bits per heavy atom. The molecule has 0 aromatic heterocycles. The van der Waals surface area contributed by atoms with E-state index in [1.807, 2.05) is 0 Å². The molecule has 0 fully saturated rings. The molecule has 0 saturated carbocycles. The van der Waals surface area contributed by atoms with Gasteiger partial charge < -0.3 is 5.32 Å². The summed E-state index contributed by atoms with van der Waals surface area (Å²) in [6.45, 7) is 0. The van der Waals surface area contributed by atoms with E-state index in [9.17, 15) is 13.2 Å². The Hall–Kier alpha value is -2.48. The van der Waals surface area contributed by atoms with E-state index < -0.39 is 17.5 Å². The van der Waals surface area contributed by atoms with Crippen LogP contribution in [-0.4, -0.2) is 0 Å². The molecule has 0 heterocycles. The van der Waals surface area contributed by atoms with E-state index in [1.165, 1.54) is 12.1 Å². The van der Waals surface area contributed by atoms with Gasteiger partial charge in [0.1, 0.15) is 17.5 Å². The van der Waals surface area contributed by atoms with Gasteiger partial charge in [-0.25, -0.2) is 13.2 Å². The summed E-state index contributed by atoms with van der Waals surface area (Å²) in [6, 6.07) is 8.32. The number of nitriles is 1. The molecule has 0 bridgehead atoms. The van der Waals surface area contributed by atoms with Crippen molar-refractivity contribution in [3.05, 3.63) is 59.4 Å². The van der Waals surface area contributed by atoms with Crippen LogP contribution in [0.1, 0.15) is 5.56 Å². The fourth-order valence-electron chi connectivity index (χ4n) is 1.47. The predicted octanol–water partition coefficient (Wildman–Crippen LogP) is 3.72. The number of benzene rings is 2. The van der Waals surface area contributed by atoms with Gasteiger partial charge in [0.25, 0.3) is 0 Å². The molecule has 0 radical (unpaired) electrons. The highest BCUT2D eigenvalue weighted by Crippen LogP contribution is 2.22. The van der Waals surface area contributed by atoms with Crippen LogP contribution in [0.15, 0.2) is 36.4 Å². The minimum absolute atomic E-state index is 0.00545. The lowest BCUT2D eigenvalue weighted by molar-refractivity contribution is 0.586. The summed E-state index contributed by atoms with van der Waals surface area (Å²) < 4.78 is 39.2. The Morgan fingerprint density at radius 2 is 1.72 bits per heavy atom. The van der Waals surface area contributed by atoms with E-state index in [2.05, 4.69) is 5.32 Å². The van der Waals surface area contributed by atoms with Gasteiger partial charge in [-0.3, -0.25) is 0 Å². The van der Waals surface area contributed by atoms with Gasteiger partial charge in [0.15, 0.2) is 0 Å². The monoisotopic (exact) mass is 248 g/mol. The van der Waals surface area contributed by atoms with Gasteiger partial charge in [0.2, 0.25) is 0 Å². The molecule has 0 aliphatic rings. The number of nitrogens with zero attached hydrogens (tertiary/aromatic N) is 1. The third-order valence-corrected chi connectivity index (χ3v) is 2.24. The normalized spacial score (nSPS) is 9.89. The average Bonchev–Trinajstić information content (AvgIpc) is 2.32. The van der Waals surface area contributed by atoms with Crippen LogP contribution in [-0.2, 0) is 0 Å². The highest BCUT2D eigenvalue weighted by Gasteiger charge is 2.06. The Balaban J connectivity index is 2.34. The number of halogens is 3. The molecule has 90 valence electrons. The molecular formula is C13H7F3N2. The van der Waals surface area contributed by atoms with Crippen molar-refractivity contribution in [3.63, 3.8) is 0 Å². The molecule has 18 heavy (non-hydrogen) atoms. The van der Waals surface area contributed by atoms with E-state index in [0.717, 1.165) is 18.2 Å². The van der Waals surface area contributed by atoms with Crippen LogP contribution >= 0.6 is 0 Å². The smallest absolute Gasteiger partial charge is 0.149 e. The average molecular weight is 248 g/mol. The summed E-state index contributed by atoms with van der Waals surface area (Å²) in [6.07, 6.45) is 0. The minimum atomic E-state index is -0.794. The first-order chi connectivity index (χ1) is 8.58. The summed E-state index contributed by atoms with van der Waals surface area (Å²) in [4.78, 5) is 0. The van der Waals surface area contributed by atoms with E-state index in [-0.39, 0.29) is 16.9 Å². The van der Waals surface area contributed by atoms with Crippen LogP contribution in [0.3, 0.4) is 0 Å². The third-order valence-electron chi connectivity index (χ3n) is 2.24. The zero-order chi connectivity index (χ0) is 13.1. The maximum Gasteiger partial charge on any atom is 0.149 e. The summed E-state index contributed by atoms with van der Waals surface area (Å²) >= 11 is 0. The van der Waals surface area contributed by atoms with Crippen LogP contribution in [0.2, 0.25) is 0 Å². The lowest BCUT2D eigenvalue weighted by Gasteiger charge is -2.08. The van der Waals surface area contributed by atoms with Crippen molar-refractivity contribution < 1.29 is 13.2 Å². The van der Waals surface area contributed by atoms with Crippen molar-refractivity contribution in [1.82, 2.24) is 0 Å². The number of nitrogens with one attached hydrogen (secondary N) is 1. The van der Waals surface area contributed by atoms with Crippen LogP contribution in [0.4, 0.5) is 24.5 Å². The van der Waals surface area contributed by atoms with Gasteiger partial charge in [-0.15, -0.1) is 0 Å². The minimum Gasteiger partial charge on any atom is -0.353 e. The van der Waals surface area contributed by atoms with Crippen LogP contribution in [0, 0.1) is 28.8 Å². The van der Waals surface area contributed by atoms with Gasteiger partial charge in [-0.2, -0.15) is 5.26 Å². The maximum absolute atomic E-state index is 13.4. The van der Waals surface area contributed by atoms with Gasteiger partial charge >= 0.3 is 0 Å². The molecule has 2 aromatic rings. The lowest BCUT2D eigenvalue weighted by atomic mass is 10.2. The number of hydrogen-bond acceptors (Lipinski definition) is 2. The van der Waals surface area contributed by atoms with E-state index >= 15 is 0 Å². The zero-order valence-electron chi connectivity index (χ0n) is 9.05. The highest BCUT2D eigenvalue weighted by molar-refractivity contribution is 5.62. The van der Waals surface area contributed by atoms with Crippen LogP contribution in [0.25, 0.3) is 0 Å². The first-order valence-electron chi connectivity index (χ1n) is 5.01. The molecule has 2 nitrogen and oxygen atoms in total. The third kappa shape index (κ3) is 2.61. The Morgan fingerprint density at radius 3 is 2.39 bits per heavy atom. The molecule has 5 heteroatoms. The second-order valence-electron chi connectivity index (χ2n) is 3.59. The summed E-state index contributed by atoms with van der Waals surface area (Å²) in [5.74, 6) is -2.10. The molecule has 0 aliphatic heterocycles. The van der Waals surface area contributed by atoms with E-state index in [4.69, 9.17) is 5.26 Å².